The first-order valence-corrected chi connectivity index (χ1v) is 15.7. The molecule has 6 heteroatoms. The number of benzene rings is 1. The highest BCUT2D eigenvalue weighted by atomic mass is 16.4. The van der Waals surface area contributed by atoms with Crippen LogP contribution in [0.2, 0.25) is 0 Å². The highest BCUT2D eigenvalue weighted by Gasteiger charge is 2.32. The van der Waals surface area contributed by atoms with Gasteiger partial charge in [0.15, 0.2) is 0 Å². The van der Waals surface area contributed by atoms with Gasteiger partial charge in [-0.1, -0.05) is 117 Å². The van der Waals surface area contributed by atoms with Gasteiger partial charge in [-0.2, -0.15) is 0 Å². The molecule has 0 unspecified atom stereocenters. The van der Waals surface area contributed by atoms with Crippen molar-refractivity contribution in [3.8, 4) is 0 Å². The van der Waals surface area contributed by atoms with Crippen LogP contribution in [0.15, 0.2) is 0 Å². The molecule has 0 fully saturated rings. The molecule has 0 aromatic heterocycles. The molecule has 1 aromatic rings. The molecular weight excluding hydrogens is 492 g/mol. The fraction of sp³-hybridized carbons (Fsp3) is 0.727. The number of unbranched alkanes of at least 4 members (excludes halogenated alkanes) is 15. The van der Waals surface area contributed by atoms with Gasteiger partial charge in [-0.3, -0.25) is 0 Å². The summed E-state index contributed by atoms with van der Waals surface area (Å²) in [4.78, 5) is 37.8. The topological polar surface area (TPSA) is 112 Å². The summed E-state index contributed by atoms with van der Waals surface area (Å²) in [6, 6.07) is 0. The van der Waals surface area contributed by atoms with Crippen LogP contribution in [0.4, 0.5) is 0 Å². The van der Waals surface area contributed by atoms with Crippen LogP contribution in [-0.2, 0) is 19.3 Å². The third-order valence-electron chi connectivity index (χ3n) is 7.80. The fourth-order valence-electron chi connectivity index (χ4n) is 5.69. The molecule has 0 spiro atoms. The van der Waals surface area contributed by atoms with E-state index in [0.29, 0.717) is 30.4 Å². The van der Waals surface area contributed by atoms with Gasteiger partial charge < -0.3 is 15.3 Å². The zero-order valence-electron chi connectivity index (χ0n) is 24.9. The number of carbonyl (C=O) groups is 3. The van der Waals surface area contributed by atoms with Crippen LogP contribution in [0, 0.1) is 0 Å². The molecule has 0 bridgehead atoms. The summed E-state index contributed by atoms with van der Waals surface area (Å²) in [7, 11) is 0. The van der Waals surface area contributed by atoms with E-state index in [1.165, 1.54) is 6.42 Å². The number of carboxylic acid groups (broad SMARTS) is 3. The van der Waals surface area contributed by atoms with Crippen LogP contribution in [0.3, 0.4) is 0 Å². The average molecular weight is 547 g/mol. The lowest BCUT2D eigenvalue weighted by Gasteiger charge is -2.22. The third-order valence-corrected chi connectivity index (χ3v) is 7.80. The zero-order valence-corrected chi connectivity index (χ0v) is 24.9. The molecule has 0 saturated carbocycles. The van der Waals surface area contributed by atoms with Crippen molar-refractivity contribution in [3.63, 3.8) is 0 Å². The molecule has 3 N–H and O–H groups in total. The first-order valence-electron chi connectivity index (χ1n) is 15.7. The monoisotopic (exact) mass is 546 g/mol. The van der Waals surface area contributed by atoms with E-state index in [1.54, 1.807) is 0 Å². The van der Waals surface area contributed by atoms with Gasteiger partial charge in [0.25, 0.3) is 0 Å². The van der Waals surface area contributed by atoms with Crippen molar-refractivity contribution in [2.75, 3.05) is 0 Å². The van der Waals surface area contributed by atoms with Crippen LogP contribution in [0.1, 0.15) is 184 Å². The molecule has 0 radical (unpaired) electrons. The third kappa shape index (κ3) is 12.1. The standard InChI is InChI=1S/C33H54O6/c1-4-7-10-13-16-19-22-25-26(23-20-17-14-11-8-5-2)29(32(36)37)30(33(38)39)27(28(25)31(34)35)24-21-18-15-12-9-6-3/h4-24H2,1-3H3,(H,34,35)(H,36,37)(H,38,39). The first-order chi connectivity index (χ1) is 18.8. The molecule has 222 valence electrons. The second-order valence-electron chi connectivity index (χ2n) is 11.0. The molecule has 0 aliphatic heterocycles. The number of rotatable bonds is 24. The van der Waals surface area contributed by atoms with Crippen molar-refractivity contribution in [2.24, 2.45) is 0 Å². The Kier molecular flexibility index (Phi) is 18.2. The van der Waals surface area contributed by atoms with Crippen LogP contribution < -0.4 is 0 Å². The second-order valence-corrected chi connectivity index (χ2v) is 11.0. The highest BCUT2D eigenvalue weighted by molar-refractivity contribution is 6.07. The Morgan fingerprint density at radius 3 is 0.974 bits per heavy atom. The maximum atomic E-state index is 12.7. The summed E-state index contributed by atoms with van der Waals surface area (Å²) in [6.07, 6.45) is 19.3. The van der Waals surface area contributed by atoms with Crippen LogP contribution >= 0.6 is 0 Å². The lowest BCUT2D eigenvalue weighted by atomic mass is 9.80. The minimum atomic E-state index is -1.34. The predicted molar refractivity (Wildman–Crippen MR) is 159 cm³/mol. The van der Waals surface area contributed by atoms with Gasteiger partial charge in [-0.25, -0.2) is 14.4 Å². The minimum Gasteiger partial charge on any atom is -0.478 e. The molecule has 1 aromatic carbocycles. The zero-order chi connectivity index (χ0) is 29.0. The van der Waals surface area contributed by atoms with Gasteiger partial charge in [0, 0.05) is 0 Å². The Bertz CT molecular complexity index is 889. The van der Waals surface area contributed by atoms with Gasteiger partial charge in [-0.15, -0.1) is 0 Å². The number of hydrogen-bond donors (Lipinski definition) is 3. The highest BCUT2D eigenvalue weighted by Crippen LogP contribution is 2.33. The Hall–Kier alpha value is -2.37. The van der Waals surface area contributed by atoms with E-state index in [2.05, 4.69) is 20.8 Å². The normalized spacial score (nSPS) is 11.2. The molecule has 0 amide bonds. The van der Waals surface area contributed by atoms with E-state index in [1.807, 2.05) is 0 Å². The Balaban J connectivity index is 3.49. The summed E-state index contributed by atoms with van der Waals surface area (Å²) in [6.45, 7) is 6.46. The van der Waals surface area contributed by atoms with Crippen molar-refractivity contribution in [2.45, 2.75) is 156 Å². The Morgan fingerprint density at radius 1 is 0.385 bits per heavy atom. The number of hydrogen-bond acceptors (Lipinski definition) is 3. The smallest absolute Gasteiger partial charge is 0.336 e. The summed E-state index contributed by atoms with van der Waals surface area (Å²) in [5.74, 6) is -3.74. The molecular formula is C33H54O6. The molecule has 0 aliphatic carbocycles. The second kappa shape index (κ2) is 20.5. The van der Waals surface area contributed by atoms with Crippen LogP contribution in [0.25, 0.3) is 0 Å². The lowest BCUT2D eigenvalue weighted by molar-refractivity contribution is 0.0646. The largest absolute Gasteiger partial charge is 0.478 e. The maximum Gasteiger partial charge on any atom is 0.336 e. The number of aromatic carboxylic acids is 3. The van der Waals surface area contributed by atoms with E-state index >= 15 is 0 Å². The Labute approximate surface area is 236 Å². The van der Waals surface area contributed by atoms with Crippen molar-refractivity contribution in [1.29, 1.82) is 0 Å². The van der Waals surface area contributed by atoms with E-state index in [4.69, 9.17) is 0 Å². The van der Waals surface area contributed by atoms with Gasteiger partial charge in [-0.05, 0) is 55.2 Å². The molecule has 6 nitrogen and oxygen atoms in total. The minimum absolute atomic E-state index is 0.0560. The van der Waals surface area contributed by atoms with E-state index in [9.17, 15) is 29.7 Å². The summed E-state index contributed by atoms with van der Waals surface area (Å²) >= 11 is 0. The van der Waals surface area contributed by atoms with Crippen molar-refractivity contribution < 1.29 is 29.7 Å². The quantitative estimate of drug-likeness (QED) is 0.111. The number of carboxylic acids is 3. The SMILES string of the molecule is CCCCCCCCc1c(CCCCCCCC)c(C(=O)O)c(C(=O)O)c(CCCCCCCC)c1C(=O)O. The predicted octanol–water partition coefficient (Wildman–Crippen LogP) is 9.49. The van der Waals surface area contributed by atoms with Gasteiger partial charge >= 0.3 is 17.9 Å². The molecule has 39 heavy (non-hydrogen) atoms. The van der Waals surface area contributed by atoms with Gasteiger partial charge in [0.05, 0.1) is 16.7 Å². The van der Waals surface area contributed by atoms with Crippen LogP contribution in [-0.4, -0.2) is 33.2 Å². The van der Waals surface area contributed by atoms with Crippen molar-refractivity contribution in [1.82, 2.24) is 0 Å². The molecule has 0 aliphatic rings. The van der Waals surface area contributed by atoms with E-state index in [-0.39, 0.29) is 28.7 Å². The average Bonchev–Trinajstić information content (AvgIpc) is 2.89. The molecule has 0 heterocycles. The lowest BCUT2D eigenvalue weighted by Crippen LogP contribution is -2.22. The van der Waals surface area contributed by atoms with E-state index < -0.39 is 17.9 Å². The first kappa shape index (κ1) is 34.7. The van der Waals surface area contributed by atoms with Crippen LogP contribution in [0.5, 0.6) is 0 Å². The van der Waals surface area contributed by atoms with Crippen molar-refractivity contribution >= 4 is 17.9 Å². The maximum absolute atomic E-state index is 12.7. The summed E-state index contributed by atoms with van der Waals surface area (Å²) in [5, 5.41) is 30.9. The summed E-state index contributed by atoms with van der Waals surface area (Å²) < 4.78 is 0. The fourth-order valence-corrected chi connectivity index (χ4v) is 5.69. The Morgan fingerprint density at radius 2 is 0.641 bits per heavy atom. The summed E-state index contributed by atoms with van der Waals surface area (Å²) in [5.41, 5.74) is 0.781. The van der Waals surface area contributed by atoms with Gasteiger partial charge in [0.2, 0.25) is 0 Å². The molecule has 1 rings (SSSR count). The molecule has 0 saturated heterocycles. The molecule has 0 atom stereocenters. The van der Waals surface area contributed by atoms with Gasteiger partial charge in [0.1, 0.15) is 0 Å². The van der Waals surface area contributed by atoms with Crippen molar-refractivity contribution in [3.05, 3.63) is 33.4 Å². The van der Waals surface area contributed by atoms with E-state index in [0.717, 1.165) is 103 Å².